The first-order chi connectivity index (χ1) is 15.0. The second-order valence-electron chi connectivity index (χ2n) is 7.48. The Morgan fingerprint density at radius 3 is 2.71 bits per heavy atom. The van der Waals surface area contributed by atoms with Crippen LogP contribution in [0.15, 0.2) is 65.7 Å². The number of pyridine rings is 1. The maximum atomic E-state index is 13.4. The lowest BCUT2D eigenvalue weighted by Crippen LogP contribution is -2.43. The largest absolute Gasteiger partial charge is 0.494 e. The van der Waals surface area contributed by atoms with Gasteiger partial charge in [-0.25, -0.2) is 8.42 Å². The summed E-state index contributed by atoms with van der Waals surface area (Å²) in [6.45, 7) is 3.02. The van der Waals surface area contributed by atoms with Gasteiger partial charge in [0.05, 0.1) is 18.0 Å². The molecule has 1 amide bonds. The topological polar surface area (TPSA) is 88.6 Å². The number of sulfonamides is 1. The van der Waals surface area contributed by atoms with Crippen molar-refractivity contribution in [3.63, 3.8) is 0 Å². The fraction of sp³-hybridized carbons (Fsp3) is 0.304. The molecule has 1 saturated heterocycles. The summed E-state index contributed by atoms with van der Waals surface area (Å²) >= 11 is 0. The highest BCUT2D eigenvalue weighted by Gasteiger charge is 2.34. The van der Waals surface area contributed by atoms with Gasteiger partial charge in [-0.05, 0) is 56.2 Å². The molecule has 2 aromatic carbocycles. The Morgan fingerprint density at radius 2 is 1.94 bits per heavy atom. The first-order valence-corrected chi connectivity index (χ1v) is 11.8. The van der Waals surface area contributed by atoms with Crippen LogP contribution in [0, 0.1) is 5.92 Å². The van der Waals surface area contributed by atoms with Gasteiger partial charge in [-0.1, -0.05) is 18.2 Å². The van der Waals surface area contributed by atoms with Crippen molar-refractivity contribution in [3.8, 4) is 5.75 Å². The molecule has 31 heavy (non-hydrogen) atoms. The Bertz CT molecular complexity index is 1170. The Balaban J connectivity index is 1.50. The molecule has 3 aromatic rings. The van der Waals surface area contributed by atoms with Crippen molar-refractivity contribution in [2.45, 2.75) is 24.7 Å². The third kappa shape index (κ3) is 4.55. The summed E-state index contributed by atoms with van der Waals surface area (Å²) in [7, 11) is -3.77. The summed E-state index contributed by atoms with van der Waals surface area (Å²) in [6, 6.07) is 15.9. The minimum atomic E-state index is -3.77. The number of nitrogens with one attached hydrogen (secondary N) is 1. The molecule has 0 aliphatic carbocycles. The molecule has 1 N–H and O–H groups in total. The summed E-state index contributed by atoms with van der Waals surface area (Å²) in [5.41, 5.74) is 1.11. The Hall–Kier alpha value is -2.97. The normalized spacial score (nSPS) is 17.4. The molecule has 0 spiro atoms. The van der Waals surface area contributed by atoms with Crippen molar-refractivity contribution < 1.29 is 17.9 Å². The van der Waals surface area contributed by atoms with E-state index < -0.39 is 15.9 Å². The van der Waals surface area contributed by atoms with Gasteiger partial charge in [-0.3, -0.25) is 9.78 Å². The van der Waals surface area contributed by atoms with Crippen molar-refractivity contribution in [3.05, 3.63) is 60.8 Å². The van der Waals surface area contributed by atoms with E-state index in [0.29, 0.717) is 37.2 Å². The number of aromatic nitrogens is 1. The van der Waals surface area contributed by atoms with Crippen LogP contribution in [0.25, 0.3) is 10.9 Å². The monoisotopic (exact) mass is 439 g/mol. The van der Waals surface area contributed by atoms with E-state index in [1.165, 1.54) is 4.31 Å². The molecule has 1 fully saturated rings. The van der Waals surface area contributed by atoms with Crippen LogP contribution in [0.3, 0.4) is 0 Å². The first kappa shape index (κ1) is 21.3. The zero-order chi connectivity index (χ0) is 21.8. The molecular formula is C23H25N3O4S. The Morgan fingerprint density at radius 1 is 1.16 bits per heavy atom. The number of amides is 1. The molecule has 4 rings (SSSR count). The van der Waals surface area contributed by atoms with Crippen LogP contribution < -0.4 is 10.1 Å². The molecule has 0 unspecified atom stereocenters. The second-order valence-corrected chi connectivity index (χ2v) is 9.39. The van der Waals surface area contributed by atoms with Crippen molar-refractivity contribution in [2.24, 2.45) is 5.92 Å². The fourth-order valence-corrected chi connectivity index (χ4v) is 5.53. The first-order valence-electron chi connectivity index (χ1n) is 10.4. The molecule has 162 valence electrons. The predicted octanol–water partition coefficient (Wildman–Crippen LogP) is 3.67. The summed E-state index contributed by atoms with van der Waals surface area (Å²) in [5, 5.41) is 3.66. The van der Waals surface area contributed by atoms with Crippen molar-refractivity contribution in [2.75, 3.05) is 25.0 Å². The van der Waals surface area contributed by atoms with Crippen LogP contribution in [0.2, 0.25) is 0 Å². The van der Waals surface area contributed by atoms with E-state index in [0.717, 1.165) is 11.1 Å². The molecule has 2 heterocycles. The lowest BCUT2D eigenvalue weighted by Gasteiger charge is -2.31. The van der Waals surface area contributed by atoms with E-state index in [4.69, 9.17) is 4.74 Å². The number of piperidine rings is 1. The van der Waals surface area contributed by atoms with Crippen LogP contribution in [-0.4, -0.2) is 43.3 Å². The molecular weight excluding hydrogens is 414 g/mol. The lowest BCUT2D eigenvalue weighted by molar-refractivity contribution is -0.120. The van der Waals surface area contributed by atoms with Crippen LogP contribution in [0.1, 0.15) is 19.8 Å². The maximum absolute atomic E-state index is 13.4. The average Bonchev–Trinajstić information content (AvgIpc) is 2.80. The molecule has 7 nitrogen and oxygen atoms in total. The maximum Gasteiger partial charge on any atom is 0.245 e. The van der Waals surface area contributed by atoms with Gasteiger partial charge in [-0.15, -0.1) is 0 Å². The van der Waals surface area contributed by atoms with Gasteiger partial charge in [0.25, 0.3) is 0 Å². The fourth-order valence-electron chi connectivity index (χ4n) is 3.84. The number of rotatable bonds is 6. The molecule has 1 aliphatic heterocycles. The summed E-state index contributed by atoms with van der Waals surface area (Å²) in [5.74, 6) is 0.136. The van der Waals surface area contributed by atoms with Gasteiger partial charge >= 0.3 is 0 Å². The zero-order valence-corrected chi connectivity index (χ0v) is 18.1. The molecule has 1 aromatic heterocycles. The Labute approximate surface area is 182 Å². The molecule has 1 atom stereocenters. The van der Waals surface area contributed by atoms with E-state index in [2.05, 4.69) is 10.3 Å². The van der Waals surface area contributed by atoms with Gasteiger partial charge < -0.3 is 10.1 Å². The average molecular weight is 440 g/mol. The number of anilines is 1. The van der Waals surface area contributed by atoms with Crippen LogP contribution in [-0.2, 0) is 14.8 Å². The number of nitrogens with zero attached hydrogens (tertiary/aromatic N) is 2. The number of fused-ring (bicyclic) bond motifs is 1. The smallest absolute Gasteiger partial charge is 0.245 e. The van der Waals surface area contributed by atoms with Crippen molar-refractivity contribution in [1.82, 2.24) is 9.29 Å². The third-order valence-electron chi connectivity index (χ3n) is 5.40. The van der Waals surface area contributed by atoms with E-state index >= 15 is 0 Å². The van der Waals surface area contributed by atoms with Gasteiger partial charge in [0, 0.05) is 30.4 Å². The SMILES string of the molecule is CCOc1ccc(NC(=O)[C@@H]2CCCN(S(=O)(=O)c3cccc4cccnc34)C2)cc1. The highest BCUT2D eigenvalue weighted by molar-refractivity contribution is 7.89. The number of hydrogen-bond donors (Lipinski definition) is 1. The lowest BCUT2D eigenvalue weighted by atomic mass is 9.99. The van der Waals surface area contributed by atoms with Gasteiger partial charge in [0.15, 0.2) is 0 Å². The number of benzene rings is 2. The highest BCUT2D eigenvalue weighted by atomic mass is 32.2. The van der Waals surface area contributed by atoms with E-state index in [1.807, 2.05) is 19.1 Å². The number of ether oxygens (including phenoxy) is 1. The highest BCUT2D eigenvalue weighted by Crippen LogP contribution is 2.28. The number of hydrogen-bond acceptors (Lipinski definition) is 5. The summed E-state index contributed by atoms with van der Waals surface area (Å²) in [4.78, 5) is 17.3. The number of carbonyl (C=O) groups is 1. The van der Waals surface area contributed by atoms with Gasteiger partial charge in [0.1, 0.15) is 10.6 Å². The minimum Gasteiger partial charge on any atom is -0.494 e. The number of carbonyl (C=O) groups excluding carboxylic acids is 1. The van der Waals surface area contributed by atoms with E-state index in [1.54, 1.807) is 48.7 Å². The molecule has 8 heteroatoms. The van der Waals surface area contributed by atoms with Gasteiger partial charge in [-0.2, -0.15) is 4.31 Å². The predicted molar refractivity (Wildman–Crippen MR) is 119 cm³/mol. The minimum absolute atomic E-state index is 0.147. The van der Waals surface area contributed by atoms with Crippen LogP contribution in [0.5, 0.6) is 5.75 Å². The van der Waals surface area contributed by atoms with Crippen molar-refractivity contribution >= 4 is 32.5 Å². The molecule has 0 radical (unpaired) electrons. The standard InChI is InChI=1S/C23H25N3O4S/c1-2-30-20-12-10-19(11-13-20)25-23(27)18-8-5-15-26(16-18)31(28,29)21-9-3-6-17-7-4-14-24-22(17)21/h3-4,6-7,9-14,18H,2,5,8,15-16H2,1H3,(H,25,27)/t18-/m1/s1. The van der Waals surface area contributed by atoms with Crippen molar-refractivity contribution in [1.29, 1.82) is 0 Å². The molecule has 1 aliphatic rings. The quantitative estimate of drug-likeness (QED) is 0.633. The van der Waals surface area contributed by atoms with E-state index in [-0.39, 0.29) is 17.3 Å². The zero-order valence-electron chi connectivity index (χ0n) is 17.3. The van der Waals surface area contributed by atoms with Crippen LogP contribution >= 0.6 is 0 Å². The summed E-state index contributed by atoms with van der Waals surface area (Å²) in [6.07, 6.45) is 2.85. The van der Waals surface area contributed by atoms with Crippen LogP contribution in [0.4, 0.5) is 5.69 Å². The Kier molecular flexibility index (Phi) is 6.20. The molecule has 0 bridgehead atoms. The van der Waals surface area contributed by atoms with E-state index in [9.17, 15) is 13.2 Å². The number of para-hydroxylation sites is 1. The second kappa shape index (κ2) is 9.03. The summed E-state index contributed by atoms with van der Waals surface area (Å²) < 4.78 is 33.6. The van der Waals surface area contributed by atoms with Gasteiger partial charge in [0.2, 0.25) is 15.9 Å². The third-order valence-corrected chi connectivity index (χ3v) is 7.30. The molecule has 0 saturated carbocycles.